The molecule has 3 nitrogen and oxygen atoms in total. The Labute approximate surface area is 81.3 Å². The second-order valence-electron chi connectivity index (χ2n) is 3.36. The third-order valence-electron chi connectivity index (χ3n) is 2.05. The Morgan fingerprint density at radius 3 is 2.86 bits per heavy atom. The summed E-state index contributed by atoms with van der Waals surface area (Å²) < 4.78 is 4.59. The number of hydrogen-bond donors (Lipinski definition) is 1. The topological polar surface area (TPSA) is 46.0 Å². The molecule has 1 heterocycles. The lowest BCUT2D eigenvalue weighted by atomic mass is 10.1. The lowest BCUT2D eigenvalue weighted by molar-refractivity contribution is 0.386. The second kappa shape index (κ2) is 3.54. The number of hydrogen-bond acceptors (Lipinski definition) is 2. The van der Waals surface area contributed by atoms with Gasteiger partial charge in [0.2, 0.25) is 0 Å². The van der Waals surface area contributed by atoms with Crippen LogP contribution in [0.5, 0.6) is 0 Å². The Morgan fingerprint density at radius 1 is 1.36 bits per heavy atom. The molecule has 0 radical (unpaired) electrons. The first-order valence-electron chi connectivity index (χ1n) is 4.47. The molecule has 0 saturated heterocycles. The minimum Gasteiger partial charge on any atom is -0.339 e. The maximum atomic E-state index is 10.7. The van der Waals surface area contributed by atoms with Crippen LogP contribution in [-0.2, 0) is 6.42 Å². The van der Waals surface area contributed by atoms with Crippen molar-refractivity contribution >= 4 is 0 Å². The van der Waals surface area contributed by atoms with E-state index >= 15 is 0 Å². The molecular weight excluding hydrogens is 178 g/mol. The van der Waals surface area contributed by atoms with Crippen molar-refractivity contribution in [2.45, 2.75) is 13.3 Å². The molecule has 0 aliphatic carbocycles. The van der Waals surface area contributed by atoms with Crippen LogP contribution in [0.3, 0.4) is 0 Å². The first-order valence-corrected chi connectivity index (χ1v) is 4.47. The van der Waals surface area contributed by atoms with E-state index in [0.717, 1.165) is 5.69 Å². The van der Waals surface area contributed by atoms with E-state index in [9.17, 15) is 4.79 Å². The third kappa shape index (κ3) is 1.93. The molecule has 1 N–H and O–H groups in total. The number of rotatable bonds is 2. The zero-order chi connectivity index (χ0) is 9.97. The van der Waals surface area contributed by atoms with Gasteiger partial charge in [0.05, 0.1) is 5.69 Å². The average molecular weight is 189 g/mol. The molecule has 3 heteroatoms. The predicted molar refractivity (Wildman–Crippen MR) is 53.3 cm³/mol. The van der Waals surface area contributed by atoms with Gasteiger partial charge in [0.1, 0.15) is 0 Å². The Kier molecular flexibility index (Phi) is 2.23. The molecule has 0 saturated carbocycles. The van der Waals surface area contributed by atoms with Gasteiger partial charge >= 0.3 is 5.63 Å². The molecule has 2 rings (SSSR count). The van der Waals surface area contributed by atoms with Crippen molar-refractivity contribution in [2.75, 3.05) is 0 Å². The minimum absolute atomic E-state index is 0.326. The zero-order valence-electron chi connectivity index (χ0n) is 7.91. The lowest BCUT2D eigenvalue weighted by Gasteiger charge is -1.98. The smallest absolute Gasteiger partial charge is 0.339 e. The SMILES string of the molecule is Cc1cccc(Cc2cc(=O)o[nH]2)c1. The molecule has 72 valence electrons. The van der Waals surface area contributed by atoms with Crippen molar-refractivity contribution in [1.82, 2.24) is 5.16 Å². The van der Waals surface area contributed by atoms with Crippen LogP contribution in [0.4, 0.5) is 0 Å². The molecule has 0 amide bonds. The molecule has 0 aliphatic heterocycles. The maximum absolute atomic E-state index is 10.7. The van der Waals surface area contributed by atoms with E-state index in [1.165, 1.54) is 17.2 Å². The summed E-state index contributed by atoms with van der Waals surface area (Å²) in [4.78, 5) is 10.7. The van der Waals surface area contributed by atoms with Gasteiger partial charge in [-0.2, -0.15) is 0 Å². The van der Waals surface area contributed by atoms with Crippen LogP contribution in [0, 0.1) is 6.92 Å². The summed E-state index contributed by atoms with van der Waals surface area (Å²) in [5.74, 6) is 0. The summed E-state index contributed by atoms with van der Waals surface area (Å²) in [7, 11) is 0. The van der Waals surface area contributed by atoms with Gasteiger partial charge in [-0.1, -0.05) is 29.8 Å². The summed E-state index contributed by atoms with van der Waals surface area (Å²) in [5.41, 5.74) is 2.86. The van der Waals surface area contributed by atoms with Gasteiger partial charge in [0.15, 0.2) is 0 Å². The largest absolute Gasteiger partial charge is 0.357 e. The molecule has 14 heavy (non-hydrogen) atoms. The van der Waals surface area contributed by atoms with Crippen LogP contribution in [0.1, 0.15) is 16.8 Å². The van der Waals surface area contributed by atoms with Crippen molar-refractivity contribution in [3.8, 4) is 0 Å². The van der Waals surface area contributed by atoms with Crippen LogP contribution in [0.2, 0.25) is 0 Å². The molecule has 1 aromatic heterocycles. The van der Waals surface area contributed by atoms with Gasteiger partial charge in [0, 0.05) is 12.5 Å². The highest BCUT2D eigenvalue weighted by molar-refractivity contribution is 5.25. The summed E-state index contributed by atoms with van der Waals surface area (Å²) >= 11 is 0. The Bertz CT molecular complexity index is 482. The van der Waals surface area contributed by atoms with E-state index in [1.807, 2.05) is 25.1 Å². The van der Waals surface area contributed by atoms with E-state index in [4.69, 9.17) is 0 Å². The summed E-state index contributed by atoms with van der Waals surface area (Å²) in [6, 6.07) is 9.64. The lowest BCUT2D eigenvalue weighted by Crippen LogP contribution is -1.90. The summed E-state index contributed by atoms with van der Waals surface area (Å²) in [6.07, 6.45) is 0.702. The van der Waals surface area contributed by atoms with Crippen LogP contribution < -0.4 is 5.63 Å². The average Bonchev–Trinajstić information content (AvgIpc) is 2.51. The van der Waals surface area contributed by atoms with E-state index in [1.54, 1.807) is 0 Å². The maximum Gasteiger partial charge on any atom is 0.357 e. The molecule has 0 fully saturated rings. The first kappa shape index (κ1) is 8.81. The minimum atomic E-state index is -0.326. The molecular formula is C11H11NO2. The highest BCUT2D eigenvalue weighted by Gasteiger charge is 2.00. The molecule has 2 aromatic rings. The van der Waals surface area contributed by atoms with E-state index < -0.39 is 0 Å². The number of H-pyrrole nitrogens is 1. The number of nitrogens with one attached hydrogen (secondary N) is 1. The van der Waals surface area contributed by atoms with Crippen molar-refractivity contribution in [3.63, 3.8) is 0 Å². The number of aryl methyl sites for hydroxylation is 1. The molecule has 0 atom stereocenters. The number of benzene rings is 1. The van der Waals surface area contributed by atoms with Crippen molar-refractivity contribution in [1.29, 1.82) is 0 Å². The van der Waals surface area contributed by atoms with Crippen LogP contribution in [0.15, 0.2) is 39.6 Å². The van der Waals surface area contributed by atoms with Gasteiger partial charge in [-0.05, 0) is 12.5 Å². The number of aromatic nitrogens is 1. The second-order valence-corrected chi connectivity index (χ2v) is 3.36. The molecule has 0 unspecified atom stereocenters. The van der Waals surface area contributed by atoms with Gasteiger partial charge in [-0.3, -0.25) is 0 Å². The van der Waals surface area contributed by atoms with Crippen LogP contribution in [-0.4, -0.2) is 5.16 Å². The monoisotopic (exact) mass is 189 g/mol. The standard InChI is InChI=1S/C11H11NO2/c1-8-3-2-4-9(5-8)6-10-7-11(13)14-12-10/h2-5,7,12H,6H2,1H3. The van der Waals surface area contributed by atoms with Crippen molar-refractivity contribution < 1.29 is 4.52 Å². The van der Waals surface area contributed by atoms with Crippen LogP contribution >= 0.6 is 0 Å². The van der Waals surface area contributed by atoms with E-state index in [-0.39, 0.29) is 5.63 Å². The van der Waals surface area contributed by atoms with E-state index in [2.05, 4.69) is 15.7 Å². The first-order chi connectivity index (χ1) is 6.74. The fourth-order valence-corrected chi connectivity index (χ4v) is 1.45. The Balaban J connectivity index is 2.22. The van der Waals surface area contributed by atoms with Gasteiger partial charge < -0.3 is 4.52 Å². The zero-order valence-corrected chi connectivity index (χ0v) is 7.91. The summed E-state index contributed by atoms with van der Waals surface area (Å²) in [6.45, 7) is 2.04. The normalized spacial score (nSPS) is 10.4. The number of aromatic amines is 1. The molecule has 0 aliphatic rings. The quantitative estimate of drug-likeness (QED) is 0.783. The van der Waals surface area contributed by atoms with E-state index in [0.29, 0.717) is 6.42 Å². The van der Waals surface area contributed by atoms with Crippen LogP contribution in [0.25, 0.3) is 0 Å². The summed E-state index contributed by atoms with van der Waals surface area (Å²) in [5, 5.41) is 2.59. The molecule has 1 aromatic carbocycles. The Hall–Kier alpha value is -1.77. The molecule has 0 bridgehead atoms. The molecule has 0 spiro atoms. The highest BCUT2D eigenvalue weighted by Crippen LogP contribution is 2.08. The fourth-order valence-electron chi connectivity index (χ4n) is 1.45. The highest BCUT2D eigenvalue weighted by atomic mass is 16.5. The third-order valence-corrected chi connectivity index (χ3v) is 2.05. The van der Waals surface area contributed by atoms with Crippen molar-refractivity contribution in [3.05, 3.63) is 57.6 Å². The predicted octanol–water partition coefficient (Wildman–Crippen LogP) is 1.87. The van der Waals surface area contributed by atoms with Gasteiger partial charge in [0.25, 0.3) is 0 Å². The van der Waals surface area contributed by atoms with Gasteiger partial charge in [-0.15, -0.1) is 0 Å². The Morgan fingerprint density at radius 2 is 2.21 bits per heavy atom. The fraction of sp³-hybridized carbons (Fsp3) is 0.182. The van der Waals surface area contributed by atoms with Gasteiger partial charge in [-0.25, -0.2) is 9.95 Å². The van der Waals surface area contributed by atoms with Crippen molar-refractivity contribution in [2.24, 2.45) is 0 Å².